The minimum Gasteiger partial charge on any atom is -0.341 e. The second kappa shape index (κ2) is 6.53. The molecule has 1 N–H and O–H groups in total. The Morgan fingerprint density at radius 1 is 1.33 bits per heavy atom. The molecule has 1 aliphatic heterocycles. The highest BCUT2D eigenvalue weighted by Crippen LogP contribution is 2.16. The molecule has 1 heterocycles. The van der Waals surface area contributed by atoms with Gasteiger partial charge in [0.05, 0.1) is 4.90 Å². The van der Waals surface area contributed by atoms with E-state index in [4.69, 9.17) is 0 Å². The molecule has 7 heteroatoms. The number of carbonyl (C=O) groups excluding carboxylic acids is 1. The van der Waals surface area contributed by atoms with Crippen molar-refractivity contribution in [3.05, 3.63) is 29.6 Å². The third kappa shape index (κ3) is 4.01. The number of halogens is 1. The smallest absolute Gasteiger partial charge is 0.240 e. The number of nitrogens with zero attached hydrogens (tertiary/aromatic N) is 1. The van der Waals surface area contributed by atoms with Crippen LogP contribution in [0.5, 0.6) is 0 Å². The molecule has 0 unspecified atom stereocenters. The average molecular weight is 314 g/mol. The summed E-state index contributed by atoms with van der Waals surface area (Å²) in [5.41, 5.74) is 0.358. The van der Waals surface area contributed by atoms with E-state index < -0.39 is 15.8 Å². The monoisotopic (exact) mass is 314 g/mol. The maximum Gasteiger partial charge on any atom is 0.240 e. The van der Waals surface area contributed by atoms with E-state index in [1.165, 1.54) is 12.1 Å². The molecule has 116 valence electrons. The molecule has 0 saturated carbocycles. The average Bonchev–Trinajstić information content (AvgIpc) is 2.40. The summed E-state index contributed by atoms with van der Waals surface area (Å²) in [5.74, 6) is -0.399. The molecule has 0 bridgehead atoms. The van der Waals surface area contributed by atoms with Gasteiger partial charge in [0.15, 0.2) is 0 Å². The van der Waals surface area contributed by atoms with Crippen LogP contribution in [0.1, 0.15) is 24.8 Å². The zero-order valence-corrected chi connectivity index (χ0v) is 12.7. The summed E-state index contributed by atoms with van der Waals surface area (Å²) in [6, 6.07) is 3.55. The van der Waals surface area contributed by atoms with E-state index in [9.17, 15) is 17.6 Å². The maximum atomic E-state index is 13.0. The fourth-order valence-corrected chi connectivity index (χ4v) is 3.65. The van der Waals surface area contributed by atoms with Gasteiger partial charge >= 0.3 is 0 Å². The maximum absolute atomic E-state index is 13.0. The molecule has 0 spiro atoms. The molecule has 5 nitrogen and oxygen atoms in total. The van der Waals surface area contributed by atoms with Crippen LogP contribution in [0.3, 0.4) is 0 Å². The van der Waals surface area contributed by atoms with E-state index in [0.29, 0.717) is 25.1 Å². The first-order valence-electron chi connectivity index (χ1n) is 6.94. The number of amides is 1. The van der Waals surface area contributed by atoms with Crippen molar-refractivity contribution in [1.82, 2.24) is 9.62 Å². The van der Waals surface area contributed by atoms with Crippen LogP contribution in [0.4, 0.5) is 4.39 Å². The van der Waals surface area contributed by atoms with Crippen LogP contribution in [-0.4, -0.2) is 38.9 Å². The van der Waals surface area contributed by atoms with Crippen molar-refractivity contribution in [2.45, 2.75) is 31.1 Å². The first kappa shape index (κ1) is 15.9. The Morgan fingerprint density at radius 3 is 2.76 bits per heavy atom. The number of aryl methyl sites for hydroxylation is 1. The van der Waals surface area contributed by atoms with Crippen molar-refractivity contribution in [3.63, 3.8) is 0 Å². The number of hydrogen-bond acceptors (Lipinski definition) is 3. The van der Waals surface area contributed by atoms with Crippen molar-refractivity contribution in [3.8, 4) is 0 Å². The molecule has 0 aliphatic carbocycles. The van der Waals surface area contributed by atoms with Crippen LogP contribution >= 0.6 is 0 Å². The quantitative estimate of drug-likeness (QED) is 0.894. The van der Waals surface area contributed by atoms with Gasteiger partial charge in [-0.2, -0.15) is 0 Å². The summed E-state index contributed by atoms with van der Waals surface area (Å²) in [4.78, 5) is 13.4. The molecule has 1 saturated heterocycles. The second-order valence-electron chi connectivity index (χ2n) is 5.15. The van der Waals surface area contributed by atoms with Crippen LogP contribution in [0.15, 0.2) is 23.1 Å². The fraction of sp³-hybridized carbons (Fsp3) is 0.500. The van der Waals surface area contributed by atoms with Crippen molar-refractivity contribution in [2.24, 2.45) is 0 Å². The molecule has 0 radical (unpaired) electrons. The Balaban J connectivity index is 1.96. The molecule has 2 rings (SSSR count). The summed E-state index contributed by atoms with van der Waals surface area (Å²) < 4.78 is 39.8. The van der Waals surface area contributed by atoms with Gasteiger partial charge in [0.2, 0.25) is 15.9 Å². The van der Waals surface area contributed by atoms with Gasteiger partial charge in [0, 0.05) is 26.1 Å². The molecule has 1 fully saturated rings. The number of likely N-dealkylation sites (tertiary alicyclic amines) is 1. The normalized spacial score (nSPS) is 16.3. The molecule has 0 aromatic heterocycles. The second-order valence-corrected chi connectivity index (χ2v) is 6.88. The van der Waals surface area contributed by atoms with Gasteiger partial charge < -0.3 is 4.90 Å². The topological polar surface area (TPSA) is 66.5 Å². The van der Waals surface area contributed by atoms with E-state index in [2.05, 4.69) is 4.72 Å². The van der Waals surface area contributed by atoms with Crippen molar-refractivity contribution < 1.29 is 17.6 Å². The van der Waals surface area contributed by atoms with E-state index in [-0.39, 0.29) is 17.3 Å². The number of piperidine rings is 1. The first-order chi connectivity index (χ1) is 9.90. The summed E-state index contributed by atoms with van der Waals surface area (Å²) in [7, 11) is -3.68. The van der Waals surface area contributed by atoms with E-state index in [0.717, 1.165) is 18.9 Å². The lowest BCUT2D eigenvalue weighted by Crippen LogP contribution is -2.41. The van der Waals surface area contributed by atoms with Gasteiger partial charge in [-0.15, -0.1) is 0 Å². The zero-order chi connectivity index (χ0) is 15.5. The van der Waals surface area contributed by atoms with Gasteiger partial charge in [0.25, 0.3) is 0 Å². The summed E-state index contributed by atoms with van der Waals surface area (Å²) in [5, 5.41) is 0. The minimum absolute atomic E-state index is 0.0638. The molecular formula is C14H19FN2O3S. The molecule has 0 atom stereocenters. The van der Waals surface area contributed by atoms with Gasteiger partial charge in [-0.05, 0) is 43.5 Å². The number of sulfonamides is 1. The molecular weight excluding hydrogens is 295 g/mol. The summed E-state index contributed by atoms with van der Waals surface area (Å²) in [6.07, 6.45) is 2.38. The lowest BCUT2D eigenvalue weighted by atomic mass is 10.1. The van der Waals surface area contributed by atoms with Crippen LogP contribution < -0.4 is 4.72 Å². The zero-order valence-electron chi connectivity index (χ0n) is 11.9. The predicted octanol–water partition coefficient (Wildman–Crippen LogP) is 1.42. The van der Waals surface area contributed by atoms with Crippen LogP contribution in [0.25, 0.3) is 0 Å². The molecule has 1 amide bonds. The van der Waals surface area contributed by atoms with Crippen molar-refractivity contribution in [1.29, 1.82) is 0 Å². The van der Waals surface area contributed by atoms with Crippen molar-refractivity contribution >= 4 is 15.9 Å². The molecule has 1 aromatic rings. The van der Waals surface area contributed by atoms with Gasteiger partial charge in [-0.25, -0.2) is 17.5 Å². The predicted molar refractivity (Wildman–Crippen MR) is 76.8 cm³/mol. The molecule has 21 heavy (non-hydrogen) atoms. The Labute approximate surface area is 124 Å². The van der Waals surface area contributed by atoms with E-state index >= 15 is 0 Å². The fourth-order valence-electron chi connectivity index (χ4n) is 2.41. The minimum atomic E-state index is -3.68. The van der Waals surface area contributed by atoms with Crippen LogP contribution in [-0.2, 0) is 14.8 Å². The Hall–Kier alpha value is -1.47. The largest absolute Gasteiger partial charge is 0.341 e. The number of nitrogens with one attached hydrogen (secondary N) is 1. The Morgan fingerprint density at radius 2 is 2.10 bits per heavy atom. The lowest BCUT2D eigenvalue weighted by molar-refractivity contribution is -0.133. The molecule has 1 aromatic carbocycles. The third-order valence-electron chi connectivity index (χ3n) is 3.52. The highest BCUT2D eigenvalue weighted by molar-refractivity contribution is 7.89. The standard InChI is InChI=1S/C14H19FN2O3S/c1-11-10-12(15)5-6-13(11)21(19,20)16-7-9-17-8-3-2-4-14(17)18/h5-6,10,16H,2-4,7-9H2,1H3. The number of hydrogen-bond donors (Lipinski definition) is 1. The highest BCUT2D eigenvalue weighted by atomic mass is 32.2. The number of benzene rings is 1. The lowest BCUT2D eigenvalue weighted by Gasteiger charge is -2.26. The molecule has 1 aliphatic rings. The van der Waals surface area contributed by atoms with Gasteiger partial charge in [-0.3, -0.25) is 4.79 Å². The van der Waals surface area contributed by atoms with E-state index in [1.807, 2.05) is 0 Å². The highest BCUT2D eigenvalue weighted by Gasteiger charge is 2.20. The number of carbonyl (C=O) groups is 1. The summed E-state index contributed by atoms with van der Waals surface area (Å²) in [6.45, 7) is 2.74. The van der Waals surface area contributed by atoms with Crippen LogP contribution in [0.2, 0.25) is 0 Å². The third-order valence-corrected chi connectivity index (χ3v) is 5.14. The van der Waals surface area contributed by atoms with Gasteiger partial charge in [-0.1, -0.05) is 0 Å². The summed E-state index contributed by atoms with van der Waals surface area (Å²) >= 11 is 0. The SMILES string of the molecule is Cc1cc(F)ccc1S(=O)(=O)NCCN1CCCCC1=O. The van der Waals surface area contributed by atoms with Crippen LogP contribution in [0, 0.1) is 12.7 Å². The Bertz CT molecular complexity index is 631. The van der Waals surface area contributed by atoms with Crippen molar-refractivity contribution in [2.75, 3.05) is 19.6 Å². The first-order valence-corrected chi connectivity index (χ1v) is 8.42. The Kier molecular flexibility index (Phi) is 4.95. The van der Waals surface area contributed by atoms with Gasteiger partial charge in [0.1, 0.15) is 5.82 Å². The van der Waals surface area contributed by atoms with E-state index in [1.54, 1.807) is 11.8 Å². The number of rotatable bonds is 5.